The Kier molecular flexibility index (Phi) is 3.06. The normalized spacial score (nSPS) is 9.43. The lowest BCUT2D eigenvalue weighted by molar-refractivity contribution is -0.428. The van der Waals surface area contributed by atoms with Crippen LogP contribution in [0.3, 0.4) is 0 Å². The van der Waals surface area contributed by atoms with Gasteiger partial charge in [0, 0.05) is 0 Å². The predicted octanol–water partition coefficient (Wildman–Crippen LogP) is 0.592. The van der Waals surface area contributed by atoms with Gasteiger partial charge in [-0.1, -0.05) is 30.3 Å². The first kappa shape index (κ1) is 10.0. The molecule has 0 atom stereocenters. The number of benzene rings is 1. The van der Waals surface area contributed by atoms with Crippen LogP contribution in [0.4, 0.5) is 0 Å². The van der Waals surface area contributed by atoms with Crippen LogP contribution in [0.5, 0.6) is 0 Å². The summed E-state index contributed by atoms with van der Waals surface area (Å²) in [6, 6.07) is 9.02. The Hall–Kier alpha value is -2.04. The number of hydrogen-bond donors (Lipinski definition) is 2. The SMILES string of the molecule is NC(N)=C(Cc1ccccc1)[N+](=O)[O-]. The van der Waals surface area contributed by atoms with E-state index in [-0.39, 0.29) is 17.9 Å². The van der Waals surface area contributed by atoms with Gasteiger partial charge >= 0.3 is 0 Å². The van der Waals surface area contributed by atoms with Crippen molar-refractivity contribution in [1.82, 2.24) is 0 Å². The van der Waals surface area contributed by atoms with Crippen molar-refractivity contribution < 1.29 is 4.92 Å². The Balaban J connectivity index is 2.87. The molecule has 0 unspecified atom stereocenters. The van der Waals surface area contributed by atoms with Crippen molar-refractivity contribution in [2.75, 3.05) is 0 Å². The molecule has 0 aliphatic carbocycles. The minimum absolute atomic E-state index is 0.149. The van der Waals surface area contributed by atoms with Crippen molar-refractivity contribution in [3.8, 4) is 0 Å². The van der Waals surface area contributed by atoms with Crippen molar-refractivity contribution in [2.24, 2.45) is 11.5 Å². The fourth-order valence-corrected chi connectivity index (χ4v) is 1.06. The van der Waals surface area contributed by atoms with Gasteiger partial charge in [-0.15, -0.1) is 0 Å². The third kappa shape index (κ3) is 2.48. The van der Waals surface area contributed by atoms with Crippen molar-refractivity contribution in [3.63, 3.8) is 0 Å². The van der Waals surface area contributed by atoms with Gasteiger partial charge in [0.2, 0.25) is 0 Å². The van der Waals surface area contributed by atoms with Crippen LogP contribution >= 0.6 is 0 Å². The summed E-state index contributed by atoms with van der Waals surface area (Å²) in [6.07, 6.45) is 0.149. The molecule has 0 aliphatic heterocycles. The van der Waals surface area contributed by atoms with Crippen molar-refractivity contribution >= 4 is 0 Å². The molecule has 14 heavy (non-hydrogen) atoms. The highest BCUT2D eigenvalue weighted by atomic mass is 16.6. The minimum Gasteiger partial charge on any atom is -0.380 e. The van der Waals surface area contributed by atoms with E-state index in [1.54, 1.807) is 24.3 Å². The maximum atomic E-state index is 10.5. The highest BCUT2D eigenvalue weighted by Gasteiger charge is 2.14. The number of nitro groups is 1. The number of hydrogen-bond acceptors (Lipinski definition) is 4. The monoisotopic (exact) mass is 193 g/mol. The first-order chi connectivity index (χ1) is 6.61. The van der Waals surface area contributed by atoms with Crippen LogP contribution in [0.2, 0.25) is 0 Å². The molecular formula is C9H11N3O2. The van der Waals surface area contributed by atoms with Gasteiger partial charge in [-0.3, -0.25) is 10.1 Å². The molecule has 0 spiro atoms. The zero-order valence-corrected chi connectivity index (χ0v) is 7.51. The fourth-order valence-electron chi connectivity index (χ4n) is 1.06. The number of nitrogens with zero attached hydrogens (tertiary/aromatic N) is 1. The third-order valence-corrected chi connectivity index (χ3v) is 1.77. The molecule has 4 N–H and O–H groups in total. The Bertz CT molecular complexity index is 356. The lowest BCUT2D eigenvalue weighted by Crippen LogP contribution is -2.18. The van der Waals surface area contributed by atoms with Gasteiger partial charge in [-0.25, -0.2) is 0 Å². The molecule has 0 heterocycles. The molecule has 0 aliphatic rings. The Labute approximate surface area is 81.2 Å². The van der Waals surface area contributed by atoms with Crippen LogP contribution in [0.15, 0.2) is 41.8 Å². The largest absolute Gasteiger partial charge is 0.380 e. The molecule has 0 saturated heterocycles. The van der Waals surface area contributed by atoms with Crippen molar-refractivity contribution in [3.05, 3.63) is 57.5 Å². The fraction of sp³-hybridized carbons (Fsp3) is 0.111. The molecule has 0 radical (unpaired) electrons. The molecule has 1 aromatic rings. The Morgan fingerprint density at radius 2 is 1.86 bits per heavy atom. The quantitative estimate of drug-likeness (QED) is 0.542. The van der Waals surface area contributed by atoms with Gasteiger partial charge in [-0.2, -0.15) is 0 Å². The van der Waals surface area contributed by atoms with Gasteiger partial charge in [0.25, 0.3) is 5.70 Å². The maximum Gasteiger partial charge on any atom is 0.289 e. The van der Waals surface area contributed by atoms with E-state index in [4.69, 9.17) is 11.5 Å². The molecular weight excluding hydrogens is 182 g/mol. The summed E-state index contributed by atoms with van der Waals surface area (Å²) in [4.78, 5) is 9.98. The summed E-state index contributed by atoms with van der Waals surface area (Å²) >= 11 is 0. The van der Waals surface area contributed by atoms with Crippen molar-refractivity contribution in [1.29, 1.82) is 0 Å². The van der Waals surface area contributed by atoms with Gasteiger partial charge < -0.3 is 11.5 Å². The van der Waals surface area contributed by atoms with Crippen LogP contribution in [0.1, 0.15) is 5.56 Å². The zero-order chi connectivity index (χ0) is 10.6. The average molecular weight is 193 g/mol. The lowest BCUT2D eigenvalue weighted by atomic mass is 10.1. The van der Waals surface area contributed by atoms with E-state index in [1.807, 2.05) is 6.07 Å². The van der Waals surface area contributed by atoms with Gasteiger partial charge in [0.1, 0.15) is 0 Å². The van der Waals surface area contributed by atoms with Crippen LogP contribution < -0.4 is 11.5 Å². The highest BCUT2D eigenvalue weighted by molar-refractivity contribution is 5.20. The standard InChI is InChI=1S/C9H11N3O2/c10-9(11)8(12(13)14)6-7-4-2-1-3-5-7/h1-5H,6,10-11H2. The summed E-state index contributed by atoms with van der Waals surface area (Å²) in [5.41, 5.74) is 11.1. The molecule has 0 amide bonds. The minimum atomic E-state index is -0.553. The van der Waals surface area contributed by atoms with E-state index in [0.717, 1.165) is 5.56 Å². The van der Waals surface area contributed by atoms with Gasteiger partial charge in [0.15, 0.2) is 5.82 Å². The van der Waals surface area contributed by atoms with Crippen LogP contribution in [-0.4, -0.2) is 4.92 Å². The van der Waals surface area contributed by atoms with E-state index >= 15 is 0 Å². The van der Waals surface area contributed by atoms with E-state index in [0.29, 0.717) is 0 Å². The summed E-state index contributed by atoms with van der Waals surface area (Å²) in [5, 5.41) is 10.5. The smallest absolute Gasteiger partial charge is 0.289 e. The summed E-state index contributed by atoms with van der Waals surface area (Å²) in [6.45, 7) is 0. The predicted molar refractivity (Wildman–Crippen MR) is 52.5 cm³/mol. The second kappa shape index (κ2) is 4.27. The van der Waals surface area contributed by atoms with E-state index in [1.165, 1.54) is 0 Å². The molecule has 0 bridgehead atoms. The third-order valence-electron chi connectivity index (χ3n) is 1.77. The molecule has 5 nitrogen and oxygen atoms in total. The molecule has 74 valence electrons. The van der Waals surface area contributed by atoms with E-state index in [2.05, 4.69) is 0 Å². The number of rotatable bonds is 3. The van der Waals surface area contributed by atoms with Gasteiger partial charge in [0.05, 0.1) is 11.3 Å². The number of allylic oxidation sites excluding steroid dienone is 1. The summed E-state index contributed by atoms with van der Waals surface area (Å²) < 4.78 is 0. The van der Waals surface area contributed by atoms with Gasteiger partial charge in [-0.05, 0) is 5.56 Å². The molecule has 0 saturated carbocycles. The molecule has 0 aromatic heterocycles. The maximum absolute atomic E-state index is 10.5. The second-order valence-corrected chi connectivity index (χ2v) is 2.82. The molecule has 5 heteroatoms. The van der Waals surface area contributed by atoms with Crippen LogP contribution in [0.25, 0.3) is 0 Å². The molecule has 1 rings (SSSR count). The van der Waals surface area contributed by atoms with Crippen LogP contribution in [-0.2, 0) is 6.42 Å². The Morgan fingerprint density at radius 1 is 1.29 bits per heavy atom. The summed E-state index contributed by atoms with van der Waals surface area (Å²) in [5.74, 6) is -0.237. The lowest BCUT2D eigenvalue weighted by Gasteiger charge is -2.00. The Morgan fingerprint density at radius 3 is 2.29 bits per heavy atom. The second-order valence-electron chi connectivity index (χ2n) is 2.82. The van der Waals surface area contributed by atoms with Crippen molar-refractivity contribution in [2.45, 2.75) is 6.42 Å². The van der Waals surface area contributed by atoms with E-state index < -0.39 is 4.92 Å². The number of nitrogens with two attached hydrogens (primary N) is 2. The zero-order valence-electron chi connectivity index (χ0n) is 7.51. The molecule has 0 fully saturated rings. The van der Waals surface area contributed by atoms with Crippen LogP contribution in [0, 0.1) is 10.1 Å². The van der Waals surface area contributed by atoms with E-state index in [9.17, 15) is 10.1 Å². The molecule has 1 aromatic carbocycles. The first-order valence-corrected chi connectivity index (χ1v) is 4.03. The summed E-state index contributed by atoms with van der Waals surface area (Å²) in [7, 11) is 0. The topological polar surface area (TPSA) is 95.2 Å². The first-order valence-electron chi connectivity index (χ1n) is 4.03. The average Bonchev–Trinajstić information content (AvgIpc) is 2.15. The highest BCUT2D eigenvalue weighted by Crippen LogP contribution is 2.08.